The molecule has 1 atom stereocenters. The first-order valence-corrected chi connectivity index (χ1v) is 6.50. The highest BCUT2D eigenvalue weighted by atomic mass is 35.5. The highest BCUT2D eigenvalue weighted by Gasteiger charge is 2.13. The molecule has 5 heteroatoms. The van der Waals surface area contributed by atoms with Gasteiger partial charge < -0.3 is 4.42 Å². The molecular weight excluding hydrogens is 267 g/mol. The van der Waals surface area contributed by atoms with Crippen LogP contribution in [-0.2, 0) is 12.8 Å². The third-order valence-electron chi connectivity index (χ3n) is 3.05. The number of rotatable bonds is 6. The maximum Gasteiger partial charge on any atom is 0.145 e. The van der Waals surface area contributed by atoms with Crippen LogP contribution in [0.15, 0.2) is 41.0 Å². The number of hydrogen-bond acceptors (Lipinski definition) is 3. The maximum absolute atomic E-state index is 13.8. The molecule has 1 aromatic carbocycles. The molecule has 0 fully saturated rings. The Balaban J connectivity index is 1.96. The van der Waals surface area contributed by atoms with Gasteiger partial charge in [0.15, 0.2) is 0 Å². The van der Waals surface area contributed by atoms with E-state index in [1.54, 1.807) is 18.4 Å². The predicted molar refractivity (Wildman–Crippen MR) is 73.3 cm³/mol. The molecule has 2 rings (SSSR count). The Morgan fingerprint density at radius 3 is 2.84 bits per heavy atom. The summed E-state index contributed by atoms with van der Waals surface area (Å²) in [5.74, 6) is 6.03. The van der Waals surface area contributed by atoms with Crippen LogP contribution in [0.3, 0.4) is 0 Å². The van der Waals surface area contributed by atoms with Crippen LogP contribution in [0.5, 0.6) is 0 Å². The van der Waals surface area contributed by atoms with Gasteiger partial charge in [-0.25, -0.2) is 4.39 Å². The molecule has 0 amide bonds. The number of nitrogens with one attached hydrogen (secondary N) is 1. The Kier molecular flexibility index (Phi) is 4.96. The smallest absolute Gasteiger partial charge is 0.145 e. The number of aryl methyl sites for hydroxylation is 1. The lowest BCUT2D eigenvalue weighted by atomic mass is 10.0. The second-order valence-electron chi connectivity index (χ2n) is 4.40. The third kappa shape index (κ3) is 3.80. The largest absolute Gasteiger partial charge is 0.469 e. The summed E-state index contributed by atoms with van der Waals surface area (Å²) in [5, 5.41) is 0.138. The number of furan rings is 1. The number of benzene rings is 1. The summed E-state index contributed by atoms with van der Waals surface area (Å²) in [6.45, 7) is 0. The van der Waals surface area contributed by atoms with Crippen molar-refractivity contribution >= 4 is 11.6 Å². The second kappa shape index (κ2) is 6.70. The molecule has 1 heterocycles. The van der Waals surface area contributed by atoms with E-state index in [9.17, 15) is 4.39 Å². The van der Waals surface area contributed by atoms with Crippen LogP contribution in [0.2, 0.25) is 5.02 Å². The average molecular weight is 283 g/mol. The van der Waals surface area contributed by atoms with Gasteiger partial charge in [0.1, 0.15) is 11.6 Å². The van der Waals surface area contributed by atoms with E-state index in [-0.39, 0.29) is 16.9 Å². The van der Waals surface area contributed by atoms with Crippen molar-refractivity contribution in [3.05, 3.63) is 58.8 Å². The van der Waals surface area contributed by atoms with Crippen LogP contribution >= 0.6 is 11.6 Å². The Bertz CT molecular complexity index is 516. The number of nitrogens with two attached hydrogens (primary N) is 1. The Hall–Kier alpha value is -1.36. The molecule has 2 aromatic rings. The van der Waals surface area contributed by atoms with Crippen molar-refractivity contribution in [2.75, 3.05) is 0 Å². The van der Waals surface area contributed by atoms with Crippen molar-refractivity contribution in [1.82, 2.24) is 5.43 Å². The molecule has 102 valence electrons. The zero-order chi connectivity index (χ0) is 13.7. The number of hydrogen-bond donors (Lipinski definition) is 2. The first kappa shape index (κ1) is 14.1. The Morgan fingerprint density at radius 1 is 1.32 bits per heavy atom. The highest BCUT2D eigenvalue weighted by molar-refractivity contribution is 6.30. The van der Waals surface area contributed by atoms with E-state index in [0.29, 0.717) is 12.0 Å². The minimum atomic E-state index is -0.373. The molecule has 0 aliphatic heterocycles. The molecule has 0 spiro atoms. The van der Waals surface area contributed by atoms with Gasteiger partial charge in [-0.2, -0.15) is 0 Å². The third-order valence-corrected chi connectivity index (χ3v) is 3.34. The Labute approximate surface area is 116 Å². The van der Waals surface area contributed by atoms with Crippen molar-refractivity contribution < 1.29 is 8.81 Å². The molecule has 0 bridgehead atoms. The highest BCUT2D eigenvalue weighted by Crippen LogP contribution is 2.20. The monoisotopic (exact) mass is 282 g/mol. The van der Waals surface area contributed by atoms with Crippen LogP contribution in [-0.4, -0.2) is 6.04 Å². The van der Waals surface area contributed by atoms with Gasteiger partial charge in [0, 0.05) is 12.5 Å². The summed E-state index contributed by atoms with van der Waals surface area (Å²) in [7, 11) is 0. The molecule has 19 heavy (non-hydrogen) atoms. The summed E-state index contributed by atoms with van der Waals surface area (Å²) in [6.07, 6.45) is 3.64. The van der Waals surface area contributed by atoms with Crippen molar-refractivity contribution in [2.45, 2.75) is 25.3 Å². The van der Waals surface area contributed by atoms with Gasteiger partial charge in [0.25, 0.3) is 0 Å². The molecule has 0 aliphatic carbocycles. The summed E-state index contributed by atoms with van der Waals surface area (Å²) in [4.78, 5) is 0. The van der Waals surface area contributed by atoms with Crippen LogP contribution < -0.4 is 11.3 Å². The number of hydrazine groups is 1. The summed E-state index contributed by atoms with van der Waals surface area (Å²) in [5.41, 5.74) is 3.27. The SMILES string of the molecule is NNC(CCc1ccco1)Cc1cccc(Cl)c1F. The van der Waals surface area contributed by atoms with Crippen LogP contribution in [0.4, 0.5) is 4.39 Å². The predicted octanol–water partition coefficient (Wildman–Crippen LogP) is 3.08. The van der Waals surface area contributed by atoms with E-state index in [1.165, 1.54) is 6.07 Å². The topological polar surface area (TPSA) is 51.2 Å². The summed E-state index contributed by atoms with van der Waals surface area (Å²) < 4.78 is 19.1. The zero-order valence-corrected chi connectivity index (χ0v) is 11.2. The van der Waals surface area contributed by atoms with Crippen molar-refractivity contribution in [3.63, 3.8) is 0 Å². The van der Waals surface area contributed by atoms with Gasteiger partial charge in [-0.3, -0.25) is 11.3 Å². The Morgan fingerprint density at radius 2 is 2.16 bits per heavy atom. The second-order valence-corrected chi connectivity index (χ2v) is 4.81. The molecule has 0 saturated carbocycles. The molecule has 3 nitrogen and oxygen atoms in total. The fourth-order valence-electron chi connectivity index (χ4n) is 1.99. The van der Waals surface area contributed by atoms with Crippen LogP contribution in [0.1, 0.15) is 17.7 Å². The first-order valence-electron chi connectivity index (χ1n) is 6.12. The maximum atomic E-state index is 13.8. The van der Waals surface area contributed by atoms with Crippen LogP contribution in [0.25, 0.3) is 0 Å². The van der Waals surface area contributed by atoms with E-state index in [2.05, 4.69) is 5.43 Å². The average Bonchev–Trinajstić information content (AvgIpc) is 2.92. The molecule has 0 saturated heterocycles. The standard InChI is InChI=1S/C14H16ClFN2O/c15-13-5-1-3-10(14(13)16)9-11(18-17)6-7-12-4-2-8-19-12/h1-5,8,11,18H,6-7,9,17H2. The van der Waals surface area contributed by atoms with Gasteiger partial charge in [0.2, 0.25) is 0 Å². The molecule has 0 radical (unpaired) electrons. The quantitative estimate of drug-likeness (QED) is 0.632. The van der Waals surface area contributed by atoms with Gasteiger partial charge in [-0.1, -0.05) is 23.7 Å². The summed E-state index contributed by atoms with van der Waals surface area (Å²) in [6, 6.07) is 8.72. The first-order chi connectivity index (χ1) is 9.20. The van der Waals surface area contributed by atoms with Gasteiger partial charge in [-0.05, 0) is 36.6 Å². The van der Waals surface area contributed by atoms with E-state index >= 15 is 0 Å². The van der Waals surface area contributed by atoms with E-state index in [0.717, 1.165) is 18.6 Å². The normalized spacial score (nSPS) is 12.6. The van der Waals surface area contributed by atoms with Gasteiger partial charge >= 0.3 is 0 Å². The van der Waals surface area contributed by atoms with Crippen molar-refractivity contribution in [3.8, 4) is 0 Å². The van der Waals surface area contributed by atoms with Gasteiger partial charge in [-0.15, -0.1) is 0 Å². The fourth-order valence-corrected chi connectivity index (χ4v) is 2.18. The fraction of sp³-hybridized carbons (Fsp3) is 0.286. The summed E-state index contributed by atoms with van der Waals surface area (Å²) >= 11 is 5.76. The molecule has 0 aliphatic rings. The molecular formula is C14H16ClFN2O. The van der Waals surface area contributed by atoms with E-state index in [4.69, 9.17) is 21.9 Å². The molecule has 1 unspecified atom stereocenters. The number of halogens is 2. The molecule has 1 aromatic heterocycles. The van der Waals surface area contributed by atoms with Crippen LogP contribution in [0, 0.1) is 5.82 Å². The minimum absolute atomic E-state index is 0.0296. The van der Waals surface area contributed by atoms with E-state index in [1.807, 2.05) is 12.1 Å². The zero-order valence-electron chi connectivity index (χ0n) is 10.4. The van der Waals surface area contributed by atoms with E-state index < -0.39 is 0 Å². The lowest BCUT2D eigenvalue weighted by Crippen LogP contribution is -2.37. The van der Waals surface area contributed by atoms with Gasteiger partial charge in [0.05, 0.1) is 11.3 Å². The van der Waals surface area contributed by atoms with Crippen molar-refractivity contribution in [2.24, 2.45) is 5.84 Å². The molecule has 3 N–H and O–H groups in total. The van der Waals surface area contributed by atoms with Crippen molar-refractivity contribution in [1.29, 1.82) is 0 Å². The minimum Gasteiger partial charge on any atom is -0.469 e. The lowest BCUT2D eigenvalue weighted by molar-refractivity contribution is 0.443. The lowest BCUT2D eigenvalue weighted by Gasteiger charge is -2.16.